The largest absolute Gasteiger partial charge is 0.480 e. The summed E-state index contributed by atoms with van der Waals surface area (Å²) in [5.41, 5.74) is 3.53. The van der Waals surface area contributed by atoms with Crippen LogP contribution >= 0.6 is 0 Å². The van der Waals surface area contributed by atoms with Crippen LogP contribution in [0.25, 0.3) is 22.2 Å². The van der Waals surface area contributed by atoms with Gasteiger partial charge < -0.3 is 20.1 Å². The zero-order valence-corrected chi connectivity index (χ0v) is 19.8. The van der Waals surface area contributed by atoms with Crippen LogP contribution in [0.5, 0.6) is 0 Å². The lowest BCUT2D eigenvalue weighted by atomic mass is 9.97. The molecule has 8 heteroatoms. The molecule has 2 aliphatic rings. The molecule has 1 aromatic heterocycles. The number of carboxylic acid groups (broad SMARTS) is 1. The molecule has 0 bridgehead atoms. The lowest BCUT2D eigenvalue weighted by molar-refractivity contribution is -0.144. The van der Waals surface area contributed by atoms with Gasteiger partial charge in [0, 0.05) is 55.8 Å². The Labute approximate surface area is 204 Å². The van der Waals surface area contributed by atoms with Crippen LogP contribution in [0.2, 0.25) is 0 Å². The number of carbonyl (C=O) groups is 2. The number of hydrogen-bond donors (Lipinski definition) is 3. The fourth-order valence-electron chi connectivity index (χ4n) is 5.21. The average Bonchev–Trinajstić information content (AvgIpc) is 3.53. The molecule has 0 unspecified atom stereocenters. The summed E-state index contributed by atoms with van der Waals surface area (Å²) in [5.74, 6) is -0.874. The fraction of sp³-hybridized carbons (Fsp3) is 0.407. The van der Waals surface area contributed by atoms with Crippen molar-refractivity contribution in [2.75, 3.05) is 45.9 Å². The second kappa shape index (κ2) is 10.6. The van der Waals surface area contributed by atoms with Crippen molar-refractivity contribution in [1.82, 2.24) is 20.1 Å². The second-order valence-corrected chi connectivity index (χ2v) is 9.32. The van der Waals surface area contributed by atoms with E-state index in [2.05, 4.69) is 15.2 Å². The van der Waals surface area contributed by atoms with Crippen LogP contribution in [0.4, 0.5) is 0 Å². The molecule has 3 heterocycles. The third kappa shape index (κ3) is 5.24. The molecule has 1 amide bonds. The third-order valence-electron chi connectivity index (χ3n) is 7.01. The first kappa shape index (κ1) is 23.5. The number of rotatable bonds is 8. The van der Waals surface area contributed by atoms with Gasteiger partial charge in [0.2, 0.25) is 5.91 Å². The number of aromatic nitrogens is 1. The smallest absolute Gasteiger partial charge is 0.325 e. The van der Waals surface area contributed by atoms with Gasteiger partial charge in [-0.2, -0.15) is 0 Å². The van der Waals surface area contributed by atoms with Crippen LogP contribution in [0.3, 0.4) is 0 Å². The maximum atomic E-state index is 12.6. The summed E-state index contributed by atoms with van der Waals surface area (Å²) in [4.78, 5) is 32.6. The Morgan fingerprint density at radius 1 is 1.06 bits per heavy atom. The molecule has 35 heavy (non-hydrogen) atoms. The Bertz CT molecular complexity index is 1160. The Morgan fingerprint density at radius 2 is 1.80 bits per heavy atom. The molecular formula is C27H32N4O4. The molecule has 0 radical (unpaired) electrons. The van der Waals surface area contributed by atoms with Crippen LogP contribution in [-0.4, -0.2) is 83.7 Å². The van der Waals surface area contributed by atoms with Crippen molar-refractivity contribution < 1.29 is 19.4 Å². The molecule has 0 spiro atoms. The van der Waals surface area contributed by atoms with Crippen molar-refractivity contribution >= 4 is 22.8 Å². The fourth-order valence-corrected chi connectivity index (χ4v) is 5.21. The number of ether oxygens (including phenoxy) is 1. The summed E-state index contributed by atoms with van der Waals surface area (Å²) in [6.07, 6.45) is 2.17. The van der Waals surface area contributed by atoms with E-state index in [0.717, 1.165) is 47.2 Å². The van der Waals surface area contributed by atoms with Gasteiger partial charge >= 0.3 is 5.97 Å². The van der Waals surface area contributed by atoms with Crippen LogP contribution in [-0.2, 0) is 14.3 Å². The topological polar surface area (TPSA) is 97.9 Å². The molecule has 2 saturated heterocycles. The number of nitrogens with zero attached hydrogens (tertiary/aromatic N) is 2. The zero-order valence-electron chi connectivity index (χ0n) is 19.8. The molecule has 2 aromatic carbocycles. The van der Waals surface area contributed by atoms with Gasteiger partial charge in [-0.05, 0) is 24.5 Å². The van der Waals surface area contributed by atoms with E-state index in [1.54, 1.807) is 0 Å². The van der Waals surface area contributed by atoms with Gasteiger partial charge in [-0.3, -0.25) is 19.4 Å². The number of hydrogen-bond acceptors (Lipinski definition) is 5. The maximum absolute atomic E-state index is 12.6. The summed E-state index contributed by atoms with van der Waals surface area (Å²) in [5, 5.41) is 14.3. The molecule has 184 valence electrons. The lowest BCUT2D eigenvalue weighted by Crippen LogP contribution is -2.51. The summed E-state index contributed by atoms with van der Waals surface area (Å²) in [6, 6.07) is 17.0. The average molecular weight is 477 g/mol. The van der Waals surface area contributed by atoms with Gasteiger partial charge in [0.25, 0.3) is 0 Å². The van der Waals surface area contributed by atoms with Crippen molar-refractivity contribution in [2.45, 2.75) is 25.0 Å². The number of carboxylic acids is 1. The minimum atomic E-state index is -0.866. The summed E-state index contributed by atoms with van der Waals surface area (Å²) < 4.78 is 5.57. The number of fused-ring (bicyclic) bond motifs is 1. The van der Waals surface area contributed by atoms with Gasteiger partial charge in [-0.1, -0.05) is 48.5 Å². The van der Waals surface area contributed by atoms with Crippen molar-refractivity contribution in [3.8, 4) is 11.3 Å². The van der Waals surface area contributed by atoms with Crippen molar-refractivity contribution in [3.63, 3.8) is 0 Å². The number of piperazine rings is 1. The lowest BCUT2D eigenvalue weighted by Gasteiger charge is -2.37. The Hall–Kier alpha value is -3.20. The summed E-state index contributed by atoms with van der Waals surface area (Å²) in [6.45, 7) is 4.08. The van der Waals surface area contributed by atoms with Crippen LogP contribution < -0.4 is 5.32 Å². The van der Waals surface area contributed by atoms with Gasteiger partial charge in [0.05, 0.1) is 18.3 Å². The molecule has 0 saturated carbocycles. The van der Waals surface area contributed by atoms with E-state index in [-0.39, 0.29) is 12.0 Å². The SMILES string of the molecule is O=C(CN1CCN([C@H](C(=O)O)c2c(-c3ccccc3)[nH]c3ccccc23)CC1)NC[C@H]1CCCO1. The predicted molar refractivity (Wildman–Crippen MR) is 134 cm³/mol. The minimum absolute atomic E-state index is 0.00766. The predicted octanol–water partition coefficient (Wildman–Crippen LogP) is 2.87. The molecule has 2 fully saturated rings. The van der Waals surface area contributed by atoms with Crippen molar-refractivity contribution in [3.05, 3.63) is 60.2 Å². The van der Waals surface area contributed by atoms with Crippen molar-refractivity contribution in [2.24, 2.45) is 0 Å². The number of aliphatic carboxylic acids is 1. The molecule has 3 N–H and O–H groups in total. The summed E-state index contributed by atoms with van der Waals surface area (Å²) in [7, 11) is 0. The third-order valence-corrected chi connectivity index (χ3v) is 7.01. The number of carbonyl (C=O) groups excluding carboxylic acids is 1. The van der Waals surface area contributed by atoms with Crippen molar-refractivity contribution in [1.29, 1.82) is 0 Å². The molecule has 8 nitrogen and oxygen atoms in total. The first-order valence-corrected chi connectivity index (χ1v) is 12.3. The van der Waals surface area contributed by atoms with E-state index >= 15 is 0 Å². The quantitative estimate of drug-likeness (QED) is 0.463. The van der Waals surface area contributed by atoms with E-state index in [4.69, 9.17) is 4.74 Å². The number of benzene rings is 2. The maximum Gasteiger partial charge on any atom is 0.325 e. The van der Waals surface area contributed by atoms with E-state index in [1.807, 2.05) is 59.5 Å². The van der Waals surface area contributed by atoms with Crippen LogP contribution in [0, 0.1) is 0 Å². The zero-order chi connectivity index (χ0) is 24.2. The first-order valence-electron chi connectivity index (χ1n) is 12.3. The number of amides is 1. The van der Waals surface area contributed by atoms with Gasteiger partial charge in [0.1, 0.15) is 6.04 Å². The van der Waals surface area contributed by atoms with Crippen LogP contribution in [0.15, 0.2) is 54.6 Å². The highest BCUT2D eigenvalue weighted by molar-refractivity contribution is 5.95. The molecule has 5 rings (SSSR count). The number of H-pyrrole nitrogens is 1. The van der Waals surface area contributed by atoms with E-state index < -0.39 is 12.0 Å². The van der Waals surface area contributed by atoms with Crippen LogP contribution in [0.1, 0.15) is 24.4 Å². The first-order chi connectivity index (χ1) is 17.1. The summed E-state index contributed by atoms with van der Waals surface area (Å²) >= 11 is 0. The Balaban J connectivity index is 1.31. The van der Waals surface area contributed by atoms with E-state index in [0.29, 0.717) is 39.3 Å². The van der Waals surface area contributed by atoms with Gasteiger partial charge in [-0.25, -0.2) is 0 Å². The highest BCUT2D eigenvalue weighted by Gasteiger charge is 2.34. The van der Waals surface area contributed by atoms with Gasteiger partial charge in [-0.15, -0.1) is 0 Å². The normalized spacial score (nSPS) is 20.2. The number of para-hydroxylation sites is 1. The molecular weight excluding hydrogens is 444 g/mol. The molecule has 3 aromatic rings. The highest BCUT2D eigenvalue weighted by atomic mass is 16.5. The van der Waals surface area contributed by atoms with E-state index in [1.165, 1.54) is 0 Å². The van der Waals surface area contributed by atoms with E-state index in [9.17, 15) is 14.7 Å². The number of nitrogens with one attached hydrogen (secondary N) is 2. The Kier molecular flexibility index (Phi) is 7.13. The highest BCUT2D eigenvalue weighted by Crippen LogP contribution is 2.37. The van der Waals surface area contributed by atoms with Gasteiger partial charge in [0.15, 0.2) is 0 Å². The second-order valence-electron chi connectivity index (χ2n) is 9.32. The number of aromatic amines is 1. The molecule has 2 atom stereocenters. The minimum Gasteiger partial charge on any atom is -0.480 e. The monoisotopic (exact) mass is 476 g/mol. The molecule has 0 aliphatic carbocycles. The Morgan fingerprint density at radius 3 is 2.51 bits per heavy atom. The standard InChI is InChI=1S/C27H32N4O4/c32-23(28-17-20-9-6-16-35-20)18-30-12-14-31(15-13-30)26(27(33)34)24-21-10-4-5-11-22(21)29-25(24)19-7-2-1-3-8-19/h1-5,7-8,10-11,20,26,29H,6,9,12-18H2,(H,28,32)(H,33,34)/t20-,26+/m1/s1. The molecule has 2 aliphatic heterocycles.